The summed E-state index contributed by atoms with van der Waals surface area (Å²) >= 11 is 1.32. The van der Waals surface area contributed by atoms with Crippen molar-refractivity contribution >= 4 is 40.9 Å². The number of benzene rings is 4. The highest BCUT2D eigenvalue weighted by Crippen LogP contribution is 2.39. The summed E-state index contributed by atoms with van der Waals surface area (Å²) in [4.78, 5) is 38.2. The summed E-state index contributed by atoms with van der Waals surface area (Å²) in [5, 5.41) is 14.8. The van der Waals surface area contributed by atoms with Gasteiger partial charge in [-0.1, -0.05) is 36.0 Å². The summed E-state index contributed by atoms with van der Waals surface area (Å²) in [6, 6.07) is 22.7. The van der Waals surface area contributed by atoms with E-state index in [0.29, 0.717) is 27.4 Å². The van der Waals surface area contributed by atoms with Crippen LogP contribution in [0.3, 0.4) is 0 Å². The summed E-state index contributed by atoms with van der Waals surface area (Å²) in [5.74, 6) is -2.34. The number of carboxylic acid groups (broad SMARTS) is 1. The lowest BCUT2D eigenvalue weighted by Gasteiger charge is -2.11. The SMILES string of the molecule is O=C(O)c1cccc(-c2cccc(NC(=O)c3ccc4c(c3)NC(=O)c3cc(F)ccc3S4)c2)c1. The minimum Gasteiger partial charge on any atom is -0.478 e. The predicted molar refractivity (Wildman–Crippen MR) is 132 cm³/mol. The van der Waals surface area contributed by atoms with Crippen molar-refractivity contribution < 1.29 is 23.9 Å². The molecule has 5 rings (SSSR count). The minimum absolute atomic E-state index is 0.173. The molecule has 2 amide bonds. The molecule has 8 heteroatoms. The van der Waals surface area contributed by atoms with Gasteiger partial charge in [0.05, 0.1) is 16.8 Å². The average Bonchev–Trinajstić information content (AvgIpc) is 2.99. The molecule has 172 valence electrons. The fourth-order valence-corrected chi connectivity index (χ4v) is 4.74. The third kappa shape index (κ3) is 4.64. The van der Waals surface area contributed by atoms with Crippen molar-refractivity contribution in [3.05, 3.63) is 107 Å². The second-order valence-electron chi connectivity index (χ2n) is 7.83. The van der Waals surface area contributed by atoms with E-state index in [1.54, 1.807) is 60.7 Å². The van der Waals surface area contributed by atoms with Crippen LogP contribution < -0.4 is 10.6 Å². The van der Waals surface area contributed by atoms with Crippen LogP contribution >= 0.6 is 11.8 Å². The van der Waals surface area contributed by atoms with Gasteiger partial charge in [-0.2, -0.15) is 0 Å². The maximum Gasteiger partial charge on any atom is 0.335 e. The Hall–Kier alpha value is -4.43. The van der Waals surface area contributed by atoms with Gasteiger partial charge in [0.2, 0.25) is 0 Å². The van der Waals surface area contributed by atoms with Crippen LogP contribution in [0.4, 0.5) is 15.8 Å². The number of hydrogen-bond acceptors (Lipinski definition) is 4. The van der Waals surface area contributed by atoms with E-state index in [1.807, 2.05) is 6.07 Å². The van der Waals surface area contributed by atoms with Crippen LogP contribution in [0.25, 0.3) is 11.1 Å². The number of carbonyl (C=O) groups is 3. The number of hydrogen-bond donors (Lipinski definition) is 3. The van der Waals surface area contributed by atoms with Crippen molar-refractivity contribution in [1.29, 1.82) is 0 Å². The average molecular weight is 485 g/mol. The highest BCUT2D eigenvalue weighted by molar-refractivity contribution is 7.99. The molecule has 0 radical (unpaired) electrons. The predicted octanol–water partition coefficient (Wildman–Crippen LogP) is 6.16. The van der Waals surface area contributed by atoms with Gasteiger partial charge >= 0.3 is 5.97 Å². The monoisotopic (exact) mass is 484 g/mol. The van der Waals surface area contributed by atoms with E-state index in [-0.39, 0.29) is 17.0 Å². The highest BCUT2D eigenvalue weighted by Gasteiger charge is 2.22. The van der Waals surface area contributed by atoms with Crippen LogP contribution in [-0.2, 0) is 0 Å². The van der Waals surface area contributed by atoms with E-state index in [9.17, 15) is 23.9 Å². The summed E-state index contributed by atoms with van der Waals surface area (Å²) in [6.07, 6.45) is 0. The zero-order valence-electron chi connectivity index (χ0n) is 18.0. The first kappa shape index (κ1) is 22.4. The zero-order chi connectivity index (χ0) is 24.5. The van der Waals surface area contributed by atoms with Crippen LogP contribution in [0.5, 0.6) is 0 Å². The number of aromatic carboxylic acids is 1. The van der Waals surface area contributed by atoms with Gasteiger partial charge < -0.3 is 15.7 Å². The number of amides is 2. The molecule has 0 fully saturated rings. The lowest BCUT2D eigenvalue weighted by Crippen LogP contribution is -2.14. The summed E-state index contributed by atoms with van der Waals surface area (Å²) in [7, 11) is 0. The van der Waals surface area contributed by atoms with E-state index in [2.05, 4.69) is 10.6 Å². The Kier molecular flexibility index (Phi) is 5.80. The Morgan fingerprint density at radius 1 is 0.829 bits per heavy atom. The van der Waals surface area contributed by atoms with E-state index in [0.717, 1.165) is 10.5 Å². The maximum absolute atomic E-state index is 13.6. The van der Waals surface area contributed by atoms with Crippen molar-refractivity contribution in [2.24, 2.45) is 0 Å². The molecule has 0 aromatic heterocycles. The van der Waals surface area contributed by atoms with Gasteiger partial charge in [-0.05, 0) is 71.8 Å². The summed E-state index contributed by atoms with van der Waals surface area (Å²) in [6.45, 7) is 0. The molecule has 0 saturated heterocycles. The van der Waals surface area contributed by atoms with Crippen molar-refractivity contribution in [2.75, 3.05) is 10.6 Å². The number of anilines is 2. The van der Waals surface area contributed by atoms with Gasteiger partial charge in [0, 0.05) is 21.0 Å². The van der Waals surface area contributed by atoms with Gasteiger partial charge in [-0.25, -0.2) is 9.18 Å². The zero-order valence-corrected chi connectivity index (χ0v) is 18.9. The van der Waals surface area contributed by atoms with Crippen molar-refractivity contribution in [3.8, 4) is 11.1 Å². The fraction of sp³-hybridized carbons (Fsp3) is 0. The van der Waals surface area contributed by atoms with Crippen LogP contribution in [-0.4, -0.2) is 22.9 Å². The van der Waals surface area contributed by atoms with Gasteiger partial charge in [0.1, 0.15) is 5.82 Å². The van der Waals surface area contributed by atoms with Crippen LogP contribution in [0.1, 0.15) is 31.1 Å². The Bertz CT molecular complexity index is 1520. The Balaban J connectivity index is 1.38. The first-order chi connectivity index (χ1) is 16.9. The summed E-state index contributed by atoms with van der Waals surface area (Å²) in [5.41, 5.74) is 3.20. The number of carboxylic acids is 1. The highest BCUT2D eigenvalue weighted by atomic mass is 32.2. The van der Waals surface area contributed by atoms with E-state index in [1.165, 1.54) is 30.0 Å². The van der Waals surface area contributed by atoms with Gasteiger partial charge in [-0.15, -0.1) is 0 Å². The first-order valence-corrected chi connectivity index (χ1v) is 11.4. The second kappa shape index (κ2) is 9.08. The molecule has 3 N–H and O–H groups in total. The third-order valence-electron chi connectivity index (χ3n) is 5.46. The molecule has 0 spiro atoms. The number of fused-ring (bicyclic) bond motifs is 2. The molecular formula is C27H17FN2O4S. The molecular weight excluding hydrogens is 467 g/mol. The van der Waals surface area contributed by atoms with Gasteiger partial charge in [0.15, 0.2) is 0 Å². The smallest absolute Gasteiger partial charge is 0.335 e. The topological polar surface area (TPSA) is 95.5 Å². The Morgan fingerprint density at radius 2 is 1.57 bits per heavy atom. The third-order valence-corrected chi connectivity index (χ3v) is 6.61. The standard InChI is InChI=1S/C27H17FN2O4S/c28-19-8-10-23-21(14-19)26(32)30-22-13-17(7-9-24(22)35-23)25(31)29-20-6-2-4-16(12-20)15-3-1-5-18(11-15)27(33)34/h1-14H,(H,29,31)(H,30,32)(H,33,34). The van der Waals surface area contributed by atoms with Gasteiger partial charge in [-0.3, -0.25) is 9.59 Å². The van der Waals surface area contributed by atoms with Crippen molar-refractivity contribution in [1.82, 2.24) is 0 Å². The number of carbonyl (C=O) groups excluding carboxylic acids is 2. The van der Waals surface area contributed by atoms with Crippen LogP contribution in [0.2, 0.25) is 0 Å². The lowest BCUT2D eigenvalue weighted by atomic mass is 10.0. The molecule has 0 aliphatic carbocycles. The van der Waals surface area contributed by atoms with Crippen molar-refractivity contribution in [3.63, 3.8) is 0 Å². The Morgan fingerprint density at radius 3 is 2.37 bits per heavy atom. The van der Waals surface area contributed by atoms with E-state index < -0.39 is 17.7 Å². The van der Waals surface area contributed by atoms with E-state index in [4.69, 9.17) is 0 Å². The van der Waals surface area contributed by atoms with Crippen molar-refractivity contribution in [2.45, 2.75) is 9.79 Å². The molecule has 0 bridgehead atoms. The molecule has 1 aliphatic rings. The summed E-state index contributed by atoms with van der Waals surface area (Å²) < 4.78 is 13.6. The molecule has 1 aliphatic heterocycles. The largest absolute Gasteiger partial charge is 0.478 e. The molecule has 6 nitrogen and oxygen atoms in total. The van der Waals surface area contributed by atoms with Gasteiger partial charge in [0.25, 0.3) is 11.8 Å². The maximum atomic E-state index is 13.6. The minimum atomic E-state index is -1.02. The number of nitrogens with one attached hydrogen (secondary N) is 2. The molecule has 0 unspecified atom stereocenters. The molecule has 1 heterocycles. The molecule has 0 saturated carbocycles. The number of halogens is 1. The quantitative estimate of drug-likeness (QED) is 0.322. The van der Waals surface area contributed by atoms with Crippen LogP contribution in [0, 0.1) is 5.82 Å². The van der Waals surface area contributed by atoms with E-state index >= 15 is 0 Å². The second-order valence-corrected chi connectivity index (χ2v) is 8.91. The Labute approximate surface area is 203 Å². The first-order valence-electron chi connectivity index (χ1n) is 10.6. The number of rotatable bonds is 4. The fourth-order valence-electron chi connectivity index (χ4n) is 3.75. The van der Waals surface area contributed by atoms with Crippen LogP contribution in [0.15, 0.2) is 94.7 Å². The normalized spacial score (nSPS) is 12.1. The molecule has 35 heavy (non-hydrogen) atoms. The molecule has 0 atom stereocenters. The lowest BCUT2D eigenvalue weighted by molar-refractivity contribution is 0.0696. The molecule has 4 aromatic rings. The molecule has 4 aromatic carbocycles.